The van der Waals surface area contributed by atoms with E-state index in [-0.39, 0.29) is 0 Å². The fourth-order valence-corrected chi connectivity index (χ4v) is 1.07. The van der Waals surface area contributed by atoms with Crippen LogP contribution in [0.3, 0.4) is 0 Å². The molecule has 2 atom stereocenters. The first-order valence-electron chi connectivity index (χ1n) is 7.51. The van der Waals surface area contributed by atoms with E-state index < -0.39 is 0 Å². The first-order chi connectivity index (χ1) is 9.74. The zero-order chi connectivity index (χ0) is 15.1. The third-order valence-corrected chi connectivity index (χ3v) is 2.78. The molecule has 3 heterocycles. The molecule has 0 aromatic heterocycles. The lowest BCUT2D eigenvalue weighted by atomic mass is 10.2. The van der Waals surface area contributed by atoms with E-state index in [1.54, 1.807) is 0 Å². The third kappa shape index (κ3) is 26.6. The highest BCUT2D eigenvalue weighted by Gasteiger charge is 2.19. The van der Waals surface area contributed by atoms with Crippen LogP contribution < -0.4 is 11.5 Å². The second-order valence-corrected chi connectivity index (χ2v) is 5.17. The molecule has 6 heteroatoms. The molecule has 2 unspecified atom stereocenters. The minimum atomic E-state index is 0.400. The molecule has 3 aliphatic heterocycles. The van der Waals surface area contributed by atoms with Gasteiger partial charge in [-0.3, -0.25) is 0 Å². The second kappa shape index (κ2) is 15.5. The average molecular weight is 311 g/mol. The molecule has 3 aliphatic rings. The Morgan fingerprint density at radius 3 is 1.45 bits per heavy atom. The summed E-state index contributed by atoms with van der Waals surface area (Å²) in [6.07, 6.45) is 5.78. The Balaban J connectivity index is 0.000000255. The average Bonchev–Trinajstić information content (AvgIpc) is 3.34. The summed E-state index contributed by atoms with van der Waals surface area (Å²) in [6.45, 7) is 7.57. The minimum absolute atomic E-state index is 0.400. The quantitative estimate of drug-likeness (QED) is 0.441. The summed E-state index contributed by atoms with van der Waals surface area (Å²) >= 11 is 5.27. The number of nitrogens with two attached hydrogens (primary N) is 2. The van der Waals surface area contributed by atoms with Crippen molar-refractivity contribution in [2.24, 2.45) is 11.5 Å². The molecular formula is C14H31ClN2O3. The molecule has 122 valence electrons. The Labute approximate surface area is 128 Å². The number of alkyl halides is 1. The van der Waals surface area contributed by atoms with E-state index in [0.717, 1.165) is 52.4 Å². The first kappa shape index (κ1) is 20.1. The van der Waals surface area contributed by atoms with Crippen LogP contribution in [0.4, 0.5) is 0 Å². The zero-order valence-corrected chi connectivity index (χ0v) is 13.4. The van der Waals surface area contributed by atoms with Crippen LogP contribution in [0.25, 0.3) is 0 Å². The van der Waals surface area contributed by atoms with Crippen LogP contribution >= 0.6 is 11.6 Å². The van der Waals surface area contributed by atoms with E-state index in [1.807, 2.05) is 0 Å². The van der Waals surface area contributed by atoms with Gasteiger partial charge >= 0.3 is 0 Å². The van der Waals surface area contributed by atoms with Crippen LogP contribution in [0.15, 0.2) is 0 Å². The van der Waals surface area contributed by atoms with Gasteiger partial charge in [0.05, 0.1) is 44.5 Å². The van der Waals surface area contributed by atoms with Gasteiger partial charge in [0.25, 0.3) is 0 Å². The van der Waals surface area contributed by atoms with Crippen molar-refractivity contribution in [3.63, 3.8) is 0 Å². The molecule has 4 N–H and O–H groups in total. The zero-order valence-electron chi connectivity index (χ0n) is 12.7. The molecule has 0 radical (unpaired) electrons. The molecule has 0 spiro atoms. The molecule has 3 fully saturated rings. The third-order valence-electron chi connectivity index (χ3n) is 2.44. The first-order valence-corrected chi connectivity index (χ1v) is 8.05. The molecule has 0 bridgehead atoms. The van der Waals surface area contributed by atoms with Gasteiger partial charge < -0.3 is 25.7 Å². The lowest BCUT2D eigenvalue weighted by molar-refractivity contribution is 0.423. The van der Waals surface area contributed by atoms with Crippen molar-refractivity contribution < 1.29 is 14.2 Å². The van der Waals surface area contributed by atoms with Crippen LogP contribution in [-0.2, 0) is 14.2 Å². The lowest BCUT2D eigenvalue weighted by Crippen LogP contribution is -2.00. The van der Waals surface area contributed by atoms with Gasteiger partial charge in [-0.1, -0.05) is 12.8 Å². The lowest BCUT2D eigenvalue weighted by Gasteiger charge is -1.94. The molecule has 0 aliphatic carbocycles. The van der Waals surface area contributed by atoms with Crippen LogP contribution in [0.5, 0.6) is 0 Å². The largest absolute Gasteiger partial charge is 0.377 e. The maximum atomic E-state index is 5.28. The summed E-state index contributed by atoms with van der Waals surface area (Å²) in [5, 5.41) is 0. The van der Waals surface area contributed by atoms with Crippen molar-refractivity contribution in [3.8, 4) is 0 Å². The summed E-state index contributed by atoms with van der Waals surface area (Å²) in [6, 6.07) is 0. The molecule has 20 heavy (non-hydrogen) atoms. The van der Waals surface area contributed by atoms with Crippen LogP contribution in [-0.4, -0.2) is 57.6 Å². The van der Waals surface area contributed by atoms with E-state index in [0.29, 0.717) is 18.1 Å². The highest BCUT2D eigenvalue weighted by atomic mass is 35.5. The van der Waals surface area contributed by atoms with E-state index in [1.165, 1.54) is 12.8 Å². The maximum Gasteiger partial charge on any atom is 0.0944 e. The normalized spacial score (nSPS) is 24.0. The predicted octanol–water partition coefficient (Wildman–Crippen LogP) is 1.51. The Morgan fingerprint density at radius 1 is 0.950 bits per heavy atom. The van der Waals surface area contributed by atoms with Gasteiger partial charge in [-0.15, -0.1) is 11.6 Å². The number of ether oxygens (including phenoxy) is 3. The molecule has 3 saturated heterocycles. The number of unbranched alkanes of at least 4 members (excludes halogenated alkanes) is 3. The van der Waals surface area contributed by atoms with Gasteiger partial charge in [-0.2, -0.15) is 0 Å². The topological polar surface area (TPSA) is 89.6 Å². The summed E-state index contributed by atoms with van der Waals surface area (Å²) in [5.74, 6) is 0.667. The van der Waals surface area contributed by atoms with Gasteiger partial charge in [0.1, 0.15) is 0 Å². The van der Waals surface area contributed by atoms with E-state index >= 15 is 0 Å². The van der Waals surface area contributed by atoms with Crippen LogP contribution in [0.2, 0.25) is 0 Å². The monoisotopic (exact) mass is 310 g/mol. The van der Waals surface area contributed by atoms with Crippen molar-refractivity contribution in [1.82, 2.24) is 0 Å². The van der Waals surface area contributed by atoms with Gasteiger partial charge in [-0.25, -0.2) is 0 Å². The van der Waals surface area contributed by atoms with Gasteiger partial charge in [0, 0.05) is 0 Å². The Kier molecular flexibility index (Phi) is 15.5. The van der Waals surface area contributed by atoms with Gasteiger partial charge in [0.2, 0.25) is 0 Å². The second-order valence-electron chi connectivity index (χ2n) is 4.86. The van der Waals surface area contributed by atoms with Crippen molar-refractivity contribution in [2.45, 2.75) is 44.8 Å². The summed E-state index contributed by atoms with van der Waals surface area (Å²) in [7, 11) is 0. The Bertz CT molecular complexity index is 181. The minimum Gasteiger partial charge on any atom is -0.377 e. The fraction of sp³-hybridized carbons (Fsp3) is 1.00. The van der Waals surface area contributed by atoms with Crippen molar-refractivity contribution >= 4 is 11.6 Å². The summed E-state index contributed by atoms with van der Waals surface area (Å²) < 4.78 is 13.9. The van der Waals surface area contributed by atoms with Crippen molar-refractivity contribution in [2.75, 3.05) is 45.4 Å². The van der Waals surface area contributed by atoms with E-state index in [2.05, 4.69) is 11.7 Å². The van der Waals surface area contributed by atoms with Crippen LogP contribution in [0, 0.1) is 0 Å². The number of rotatable bonds is 6. The fourth-order valence-electron chi connectivity index (χ4n) is 0.896. The van der Waals surface area contributed by atoms with E-state index in [4.69, 9.17) is 32.5 Å². The van der Waals surface area contributed by atoms with Gasteiger partial charge in [0.15, 0.2) is 0 Å². The number of epoxide rings is 3. The maximum absolute atomic E-state index is 5.28. The molecule has 0 saturated carbocycles. The van der Waals surface area contributed by atoms with Crippen LogP contribution in [0.1, 0.15) is 32.6 Å². The Morgan fingerprint density at radius 2 is 1.35 bits per heavy atom. The number of hydrogen-bond donors (Lipinski definition) is 2. The smallest absolute Gasteiger partial charge is 0.0944 e. The van der Waals surface area contributed by atoms with Crippen molar-refractivity contribution in [3.05, 3.63) is 0 Å². The van der Waals surface area contributed by atoms with Gasteiger partial charge in [-0.05, 0) is 32.9 Å². The molecule has 3 rings (SSSR count). The highest BCUT2D eigenvalue weighted by Crippen LogP contribution is 2.08. The molecule has 5 nitrogen and oxygen atoms in total. The standard InChI is InChI=1S/C6H16N2.C3H5ClO.C3H6O.C2H4O/c7-5-3-1-2-4-6-8;4-1-3-2-5-3;1-3-2-4-3;1-2-3-1/h1-8H2;3H,1-2H2;3H,2H2,1H3;1-2H2. The number of hydrogen-bond acceptors (Lipinski definition) is 5. The number of halogens is 1. The SMILES string of the molecule is C1CO1.CC1CO1.ClCC1CO1.NCCCCCCN. The van der Waals surface area contributed by atoms with E-state index in [9.17, 15) is 0 Å². The van der Waals surface area contributed by atoms with Crippen molar-refractivity contribution in [1.29, 1.82) is 0 Å². The summed E-state index contributed by atoms with van der Waals surface area (Å²) in [5.41, 5.74) is 10.6. The highest BCUT2D eigenvalue weighted by molar-refractivity contribution is 6.18. The predicted molar refractivity (Wildman–Crippen MR) is 83.3 cm³/mol. The Hall–Kier alpha value is 0.0900. The summed E-state index contributed by atoms with van der Waals surface area (Å²) in [4.78, 5) is 0. The molecule has 0 aromatic carbocycles. The molecule has 0 amide bonds. The molecular weight excluding hydrogens is 280 g/mol. The molecule has 0 aromatic rings.